The number of nitrogens with one attached hydrogen (secondary N) is 1. The maximum absolute atomic E-state index is 13.7. The minimum absolute atomic E-state index is 0.0732. The lowest BCUT2D eigenvalue weighted by Crippen LogP contribution is -2.56. The van der Waals surface area contributed by atoms with E-state index in [-0.39, 0.29) is 23.8 Å². The molecule has 0 amide bonds. The Morgan fingerprint density at radius 2 is 1.87 bits per heavy atom. The first kappa shape index (κ1) is 32.3. The van der Waals surface area contributed by atoms with Crippen molar-refractivity contribution < 1.29 is 38.1 Å². The lowest BCUT2D eigenvalue weighted by molar-refractivity contribution is -0.152. The van der Waals surface area contributed by atoms with Gasteiger partial charge in [-0.1, -0.05) is 32.9 Å². The van der Waals surface area contributed by atoms with Gasteiger partial charge in [0.2, 0.25) is 5.78 Å². The van der Waals surface area contributed by atoms with Crippen molar-refractivity contribution >= 4 is 36.7 Å². The second-order valence-corrected chi connectivity index (χ2v) is 17.7. The average Bonchev–Trinajstić information content (AvgIpc) is 3.36. The lowest BCUT2D eigenvalue weighted by Gasteiger charge is -2.44. The summed E-state index contributed by atoms with van der Waals surface area (Å²) in [5.41, 5.74) is 2.20. The minimum Gasteiger partial charge on any atom is -0.497 e. The monoisotopic (exact) mass is 634 g/mol. The van der Waals surface area contributed by atoms with Gasteiger partial charge in [0.25, 0.3) is 0 Å². The number of aromatic amines is 1. The Balaban J connectivity index is 1.61. The van der Waals surface area contributed by atoms with Gasteiger partial charge in [-0.25, -0.2) is 4.79 Å². The van der Waals surface area contributed by atoms with E-state index in [0.717, 1.165) is 16.6 Å². The number of hydrogen-bond donors (Lipinski definition) is 2. The van der Waals surface area contributed by atoms with Gasteiger partial charge >= 0.3 is 5.97 Å². The van der Waals surface area contributed by atoms with E-state index in [1.807, 2.05) is 24.3 Å². The topological polar surface area (TPSA) is 120 Å². The van der Waals surface area contributed by atoms with E-state index in [1.165, 1.54) is 19.1 Å². The molecule has 0 aliphatic carbocycles. The van der Waals surface area contributed by atoms with Gasteiger partial charge in [0.1, 0.15) is 24.0 Å². The maximum atomic E-state index is 13.7. The molecule has 240 valence electrons. The van der Waals surface area contributed by atoms with E-state index in [4.69, 9.17) is 23.4 Å². The number of fused-ring (bicyclic) bond motifs is 3. The first-order valence-corrected chi connectivity index (χ1v) is 17.8. The number of H-pyrrole nitrogens is 1. The smallest absolute Gasteiger partial charge is 0.336 e. The van der Waals surface area contributed by atoms with Crippen LogP contribution in [0.25, 0.3) is 16.6 Å². The molecule has 1 atom stereocenters. The second-order valence-electron chi connectivity index (χ2n) is 12.9. The summed E-state index contributed by atoms with van der Waals surface area (Å²) in [7, 11) is 2.42. The zero-order valence-electron chi connectivity index (χ0n) is 27.2. The van der Waals surface area contributed by atoms with Crippen LogP contribution in [0.3, 0.4) is 0 Å². The maximum Gasteiger partial charge on any atom is 0.336 e. The van der Waals surface area contributed by atoms with Gasteiger partial charge in [-0.15, -0.1) is 0 Å². The number of aliphatic hydroxyl groups excluding tert-OH is 1. The summed E-state index contributed by atoms with van der Waals surface area (Å²) in [6, 6.07) is 11.1. The van der Waals surface area contributed by atoms with Crippen molar-refractivity contribution in [3.63, 3.8) is 0 Å². The number of esters is 1. The highest BCUT2D eigenvalue weighted by Gasteiger charge is 2.49. The van der Waals surface area contributed by atoms with Crippen molar-refractivity contribution in [2.24, 2.45) is 0 Å². The summed E-state index contributed by atoms with van der Waals surface area (Å²) in [5, 5.41) is 11.9. The van der Waals surface area contributed by atoms with E-state index in [0.29, 0.717) is 46.3 Å². The number of ketones is 1. The predicted molar refractivity (Wildman–Crippen MR) is 174 cm³/mol. The first-order chi connectivity index (χ1) is 21.3. The molecule has 1 aromatic heterocycles. The van der Waals surface area contributed by atoms with Gasteiger partial charge in [-0.05, 0) is 48.0 Å². The average molecular weight is 635 g/mol. The molecule has 45 heavy (non-hydrogen) atoms. The van der Waals surface area contributed by atoms with E-state index in [1.54, 1.807) is 31.4 Å². The molecule has 0 bridgehead atoms. The van der Waals surface area contributed by atoms with Crippen LogP contribution in [-0.4, -0.2) is 75.3 Å². The third kappa shape index (κ3) is 5.76. The fraction of sp³-hybridized carbons (Fsp3) is 0.412. The molecule has 1 unspecified atom stereocenters. The summed E-state index contributed by atoms with van der Waals surface area (Å²) in [6.07, 6.45) is 3.33. The SMILES string of the molecule is COC(=O)C1(Cc2ccc(OC)cc2OC)C=CC2=C(c3cc4cc(CO[Si](C)(C)C(C)(C)C)[nH]c4cc3OCC2=O)N1CO. The van der Waals surface area contributed by atoms with Gasteiger partial charge in [-0.3, -0.25) is 4.79 Å². The zero-order chi connectivity index (χ0) is 32.7. The van der Waals surface area contributed by atoms with Crippen LogP contribution in [0, 0.1) is 0 Å². The molecule has 11 heteroatoms. The number of hydrogen-bond acceptors (Lipinski definition) is 9. The van der Waals surface area contributed by atoms with Gasteiger partial charge in [-0.2, -0.15) is 0 Å². The largest absolute Gasteiger partial charge is 0.497 e. The molecular formula is C34H42N2O8Si. The molecule has 2 N–H and O–H groups in total. The third-order valence-electron chi connectivity index (χ3n) is 9.25. The van der Waals surface area contributed by atoms with Gasteiger partial charge < -0.3 is 38.4 Å². The van der Waals surface area contributed by atoms with Crippen LogP contribution in [0.2, 0.25) is 18.1 Å². The second kappa shape index (κ2) is 12.0. The summed E-state index contributed by atoms with van der Waals surface area (Å²) in [4.78, 5) is 32.1. The highest BCUT2D eigenvalue weighted by atomic mass is 28.4. The Morgan fingerprint density at radius 1 is 1.11 bits per heavy atom. The molecule has 2 aromatic carbocycles. The van der Waals surface area contributed by atoms with Crippen LogP contribution in [0.15, 0.2) is 54.1 Å². The van der Waals surface area contributed by atoms with Crippen molar-refractivity contribution in [2.45, 2.75) is 57.5 Å². The van der Waals surface area contributed by atoms with Crippen LogP contribution >= 0.6 is 0 Å². The summed E-state index contributed by atoms with van der Waals surface area (Å²) < 4.78 is 28.8. The van der Waals surface area contributed by atoms with E-state index in [2.05, 4.69) is 38.8 Å². The quantitative estimate of drug-likeness (QED) is 0.237. The fourth-order valence-corrected chi connectivity index (χ4v) is 6.57. The van der Waals surface area contributed by atoms with Crippen LogP contribution in [0.5, 0.6) is 17.2 Å². The van der Waals surface area contributed by atoms with Crippen molar-refractivity contribution in [3.8, 4) is 17.2 Å². The van der Waals surface area contributed by atoms with Gasteiger partial charge in [0.05, 0.1) is 33.6 Å². The Morgan fingerprint density at radius 3 is 2.51 bits per heavy atom. The number of nitrogens with zero attached hydrogens (tertiary/aromatic N) is 1. The van der Waals surface area contributed by atoms with Crippen molar-refractivity contribution in [1.82, 2.24) is 9.88 Å². The van der Waals surface area contributed by atoms with Crippen LogP contribution in [0.4, 0.5) is 0 Å². The molecule has 10 nitrogen and oxygen atoms in total. The van der Waals surface area contributed by atoms with Crippen molar-refractivity contribution in [2.75, 3.05) is 34.7 Å². The molecule has 0 fully saturated rings. The highest BCUT2D eigenvalue weighted by Crippen LogP contribution is 2.45. The van der Waals surface area contributed by atoms with E-state index < -0.39 is 26.6 Å². The molecule has 3 aromatic rings. The van der Waals surface area contributed by atoms with Gasteiger partial charge in [0.15, 0.2) is 20.5 Å². The number of aliphatic hydroxyl groups is 1. The molecule has 0 saturated carbocycles. The lowest BCUT2D eigenvalue weighted by atomic mass is 9.82. The Bertz CT molecular complexity index is 1700. The van der Waals surface area contributed by atoms with Crippen molar-refractivity contribution in [1.29, 1.82) is 0 Å². The Labute approximate surface area is 264 Å². The van der Waals surface area contributed by atoms with Crippen molar-refractivity contribution in [3.05, 3.63) is 70.9 Å². The summed E-state index contributed by atoms with van der Waals surface area (Å²) >= 11 is 0. The number of carbonyl (C=O) groups excluding carboxylic acids is 2. The first-order valence-electron chi connectivity index (χ1n) is 14.9. The molecule has 5 rings (SSSR count). The number of benzene rings is 2. The summed E-state index contributed by atoms with van der Waals surface area (Å²) in [6.45, 7) is 10.7. The van der Waals surface area contributed by atoms with Crippen LogP contribution in [0.1, 0.15) is 37.6 Å². The highest BCUT2D eigenvalue weighted by molar-refractivity contribution is 6.74. The molecule has 0 saturated heterocycles. The van der Waals surface area contributed by atoms with Gasteiger partial charge in [0, 0.05) is 46.3 Å². The number of allylic oxidation sites excluding steroid dienone is 1. The predicted octanol–water partition coefficient (Wildman–Crippen LogP) is 5.36. The number of carbonyl (C=O) groups is 2. The Hall–Kier alpha value is -4.06. The molecule has 2 aliphatic heterocycles. The third-order valence-corrected chi connectivity index (χ3v) is 13.7. The number of rotatable bonds is 9. The molecule has 0 spiro atoms. The molecular weight excluding hydrogens is 592 g/mol. The zero-order valence-corrected chi connectivity index (χ0v) is 28.2. The van der Waals surface area contributed by atoms with E-state index >= 15 is 0 Å². The fourth-order valence-electron chi connectivity index (χ4n) is 5.62. The van der Waals surface area contributed by atoms with Crippen LogP contribution < -0.4 is 14.2 Å². The number of Topliss-reactive ketones (excluding diaryl/α,β-unsaturated/α-hetero) is 1. The summed E-state index contributed by atoms with van der Waals surface area (Å²) in [5.74, 6) is 0.670. The molecule has 2 aliphatic rings. The number of ether oxygens (including phenoxy) is 4. The molecule has 0 radical (unpaired) electrons. The normalized spacial score (nSPS) is 18.3. The minimum atomic E-state index is -1.98. The van der Waals surface area contributed by atoms with Crippen LogP contribution in [-0.2, 0) is 31.8 Å². The Kier molecular flexibility index (Phi) is 8.65. The number of methoxy groups -OCH3 is 3. The van der Waals surface area contributed by atoms with E-state index in [9.17, 15) is 14.7 Å². The standard InChI is InChI=1S/C34H42N2O8Si/c1-33(2,3)45(7,8)44-18-23-13-22-14-26-30(16-27(22)35-23)43-19-28(38)25-11-12-34(32(39)42-6,36(20-37)31(25)26)17-21-9-10-24(40-4)15-29(21)41-5/h9-16,35,37H,17-20H2,1-8H3. The number of aromatic nitrogens is 1. The molecule has 3 heterocycles.